The van der Waals surface area contributed by atoms with Crippen LogP contribution in [-0.4, -0.2) is 34.5 Å². The Hall–Kier alpha value is -2.12. The first-order valence-electron chi connectivity index (χ1n) is 7.61. The summed E-state index contributed by atoms with van der Waals surface area (Å²) in [5.74, 6) is -0.356. The Bertz CT molecular complexity index is 842. The molecule has 4 rings (SSSR count). The van der Waals surface area contributed by atoms with Crippen molar-refractivity contribution in [3.8, 4) is 11.1 Å². The highest BCUT2D eigenvalue weighted by Crippen LogP contribution is 2.35. The van der Waals surface area contributed by atoms with Gasteiger partial charge in [0, 0.05) is 29.3 Å². The average Bonchev–Trinajstić information content (AvgIpc) is 3.29. The van der Waals surface area contributed by atoms with Gasteiger partial charge in [0.1, 0.15) is 11.9 Å². The largest absolute Gasteiger partial charge is 0.464 e. The van der Waals surface area contributed by atoms with Crippen molar-refractivity contribution in [2.45, 2.75) is 25.5 Å². The minimum Gasteiger partial charge on any atom is -0.464 e. The van der Waals surface area contributed by atoms with Gasteiger partial charge in [0.25, 0.3) is 0 Å². The lowest BCUT2D eigenvalue weighted by atomic mass is 10.1. The van der Waals surface area contributed by atoms with Gasteiger partial charge in [-0.15, -0.1) is 11.3 Å². The van der Waals surface area contributed by atoms with Gasteiger partial charge in [0.15, 0.2) is 0 Å². The number of thiophene rings is 1. The van der Waals surface area contributed by atoms with Gasteiger partial charge >= 0.3 is 5.97 Å². The third-order valence-electron chi connectivity index (χ3n) is 4.12. The molecule has 3 aromatic heterocycles. The summed E-state index contributed by atoms with van der Waals surface area (Å²) >= 11 is 1.60. The molecule has 0 aromatic carbocycles. The third-order valence-corrected chi connectivity index (χ3v) is 5.05. The van der Waals surface area contributed by atoms with E-state index in [1.54, 1.807) is 11.3 Å². The second kappa shape index (κ2) is 5.82. The number of carbonyl (C=O) groups is 1. The van der Waals surface area contributed by atoms with Crippen LogP contribution in [-0.2, 0) is 9.47 Å². The molecule has 0 spiro atoms. The Balaban J connectivity index is 1.67. The van der Waals surface area contributed by atoms with Gasteiger partial charge in [-0.2, -0.15) is 5.10 Å². The second-order valence-corrected chi connectivity index (χ2v) is 6.50. The topological polar surface area (TPSA) is 69.1 Å². The molecule has 1 aliphatic heterocycles. The maximum Gasteiger partial charge on any atom is 0.354 e. The van der Waals surface area contributed by atoms with Crippen molar-refractivity contribution in [2.75, 3.05) is 13.7 Å². The molecule has 4 heterocycles. The van der Waals surface area contributed by atoms with Crippen LogP contribution in [0.5, 0.6) is 0 Å². The van der Waals surface area contributed by atoms with Crippen molar-refractivity contribution in [1.29, 1.82) is 0 Å². The van der Waals surface area contributed by atoms with Crippen molar-refractivity contribution in [3.63, 3.8) is 0 Å². The molecule has 3 aromatic rings. The second-order valence-electron chi connectivity index (χ2n) is 5.59. The monoisotopic (exact) mass is 331 g/mol. The molecular formula is C16H17N3O3S. The van der Waals surface area contributed by atoms with Crippen molar-refractivity contribution in [3.05, 3.63) is 29.5 Å². The number of fused-ring (bicyclic) bond motifs is 1. The quantitative estimate of drug-likeness (QED) is 0.745. The van der Waals surface area contributed by atoms with Crippen LogP contribution >= 0.6 is 11.3 Å². The van der Waals surface area contributed by atoms with Crippen molar-refractivity contribution in [1.82, 2.24) is 14.8 Å². The van der Waals surface area contributed by atoms with Crippen LogP contribution < -0.4 is 0 Å². The number of aromatic nitrogens is 3. The van der Waals surface area contributed by atoms with Crippen LogP contribution in [0.1, 0.15) is 36.0 Å². The van der Waals surface area contributed by atoms with E-state index in [1.807, 2.05) is 23.1 Å². The molecule has 1 atom stereocenters. The van der Waals surface area contributed by atoms with Crippen molar-refractivity contribution in [2.24, 2.45) is 0 Å². The number of nitrogens with one attached hydrogen (secondary N) is 1. The van der Waals surface area contributed by atoms with Crippen molar-refractivity contribution < 1.29 is 14.3 Å². The maximum absolute atomic E-state index is 11.7. The Morgan fingerprint density at radius 1 is 1.52 bits per heavy atom. The molecule has 120 valence electrons. The number of hydrogen-bond donors (Lipinski definition) is 1. The van der Waals surface area contributed by atoms with Crippen LogP contribution in [0.15, 0.2) is 23.8 Å². The zero-order chi connectivity index (χ0) is 15.8. The highest BCUT2D eigenvalue weighted by molar-refractivity contribution is 7.17. The number of aromatic amines is 1. The lowest BCUT2D eigenvalue weighted by Crippen LogP contribution is -2.18. The smallest absolute Gasteiger partial charge is 0.354 e. The SMILES string of the molecule is COC(=O)c1cc2scc(-c3cnn(C4CCCCO4)c3)c2[nH]1. The van der Waals surface area contributed by atoms with Crippen molar-refractivity contribution >= 4 is 27.5 Å². The fourth-order valence-corrected chi connectivity index (χ4v) is 3.87. The van der Waals surface area contributed by atoms with E-state index in [-0.39, 0.29) is 12.2 Å². The zero-order valence-electron chi connectivity index (χ0n) is 12.7. The fraction of sp³-hybridized carbons (Fsp3) is 0.375. The maximum atomic E-state index is 11.7. The van der Waals surface area contributed by atoms with Gasteiger partial charge in [0.2, 0.25) is 0 Å². The summed E-state index contributed by atoms with van der Waals surface area (Å²) < 4.78 is 13.5. The standard InChI is InChI=1S/C16H17N3O3S/c1-21-16(20)12-6-13-15(18-12)11(9-23-13)10-7-17-19(8-10)14-4-2-3-5-22-14/h6-9,14,18H,2-5H2,1H3. The number of hydrogen-bond acceptors (Lipinski definition) is 5. The number of ether oxygens (including phenoxy) is 2. The predicted molar refractivity (Wildman–Crippen MR) is 87.6 cm³/mol. The van der Waals surface area contributed by atoms with Gasteiger partial charge in [-0.1, -0.05) is 0 Å². The van der Waals surface area contributed by atoms with Gasteiger partial charge in [-0.3, -0.25) is 0 Å². The van der Waals surface area contributed by atoms with Crippen LogP contribution in [0.2, 0.25) is 0 Å². The summed E-state index contributed by atoms with van der Waals surface area (Å²) in [6, 6.07) is 1.82. The molecule has 0 bridgehead atoms. The number of carbonyl (C=O) groups excluding carboxylic acids is 1. The van der Waals surface area contributed by atoms with E-state index in [9.17, 15) is 4.79 Å². The summed E-state index contributed by atoms with van der Waals surface area (Å²) in [6.45, 7) is 0.793. The van der Waals surface area contributed by atoms with E-state index < -0.39 is 0 Å². The Labute approximate surface area is 137 Å². The molecule has 1 unspecified atom stereocenters. The Morgan fingerprint density at radius 2 is 2.43 bits per heavy atom. The first-order valence-corrected chi connectivity index (χ1v) is 8.49. The number of nitrogens with zero attached hydrogens (tertiary/aromatic N) is 2. The molecule has 0 amide bonds. The van der Waals surface area contributed by atoms with E-state index >= 15 is 0 Å². The number of rotatable bonds is 3. The molecule has 1 N–H and O–H groups in total. The molecule has 23 heavy (non-hydrogen) atoms. The van der Waals surface area contributed by atoms with E-state index in [2.05, 4.69) is 15.5 Å². The summed E-state index contributed by atoms with van der Waals surface area (Å²) in [5.41, 5.74) is 3.48. The highest BCUT2D eigenvalue weighted by atomic mass is 32.1. The minimum absolute atomic E-state index is 0.0286. The molecule has 7 heteroatoms. The normalized spacial score (nSPS) is 18.4. The van der Waals surface area contributed by atoms with Gasteiger partial charge < -0.3 is 14.5 Å². The van der Waals surface area contributed by atoms with Gasteiger partial charge in [-0.25, -0.2) is 9.48 Å². The molecule has 1 fully saturated rings. The minimum atomic E-state index is -0.356. The van der Waals surface area contributed by atoms with Crippen LogP contribution in [0.3, 0.4) is 0 Å². The molecular weight excluding hydrogens is 314 g/mol. The summed E-state index contributed by atoms with van der Waals surface area (Å²) in [6.07, 6.45) is 7.17. The van der Waals surface area contributed by atoms with Gasteiger partial charge in [-0.05, 0) is 25.3 Å². The number of H-pyrrole nitrogens is 1. The summed E-state index contributed by atoms with van der Waals surface area (Å²) in [4.78, 5) is 14.8. The van der Waals surface area contributed by atoms with Crippen LogP contribution in [0.4, 0.5) is 0 Å². The molecule has 1 saturated heterocycles. The first-order chi connectivity index (χ1) is 11.3. The Morgan fingerprint density at radius 3 is 3.22 bits per heavy atom. The third kappa shape index (κ3) is 2.55. The van der Waals surface area contributed by atoms with E-state index in [0.717, 1.165) is 40.8 Å². The van der Waals surface area contributed by atoms with E-state index in [0.29, 0.717) is 5.69 Å². The molecule has 6 nitrogen and oxygen atoms in total. The molecule has 1 aliphatic rings. The fourth-order valence-electron chi connectivity index (χ4n) is 2.91. The average molecular weight is 331 g/mol. The number of esters is 1. The number of methoxy groups -OCH3 is 1. The lowest BCUT2D eigenvalue weighted by molar-refractivity contribution is -0.0394. The molecule has 0 saturated carbocycles. The molecule has 0 aliphatic carbocycles. The zero-order valence-corrected chi connectivity index (χ0v) is 13.6. The van der Waals surface area contributed by atoms with Crippen LogP contribution in [0, 0.1) is 0 Å². The summed E-state index contributed by atoms with van der Waals surface area (Å²) in [5, 5.41) is 6.53. The van der Waals surface area contributed by atoms with Crippen LogP contribution in [0.25, 0.3) is 21.3 Å². The Kier molecular flexibility index (Phi) is 3.66. The lowest BCUT2D eigenvalue weighted by Gasteiger charge is -2.22. The highest BCUT2D eigenvalue weighted by Gasteiger charge is 2.19. The first kappa shape index (κ1) is 14.5. The molecule has 0 radical (unpaired) electrons. The van der Waals surface area contributed by atoms with E-state index in [4.69, 9.17) is 9.47 Å². The van der Waals surface area contributed by atoms with E-state index in [1.165, 1.54) is 13.5 Å². The summed E-state index contributed by atoms with van der Waals surface area (Å²) in [7, 11) is 1.38. The van der Waals surface area contributed by atoms with Gasteiger partial charge in [0.05, 0.1) is 23.5 Å². The predicted octanol–water partition coefficient (Wildman–Crippen LogP) is 3.58.